The highest BCUT2D eigenvalue weighted by Gasteiger charge is 2.15. The molecule has 0 saturated carbocycles. The van der Waals surface area contributed by atoms with Crippen LogP contribution in [0.1, 0.15) is 17.5 Å². The van der Waals surface area contributed by atoms with Crippen molar-refractivity contribution < 1.29 is 4.79 Å². The fourth-order valence-electron chi connectivity index (χ4n) is 1.03. The largest absolute Gasteiger partial charge is 0.366 e. The van der Waals surface area contributed by atoms with Gasteiger partial charge in [0.25, 0.3) is 5.91 Å². The van der Waals surface area contributed by atoms with E-state index in [0.717, 1.165) is 5.57 Å². The molecule has 1 aromatic rings. The topological polar surface area (TPSA) is 87.9 Å². The van der Waals surface area contributed by atoms with E-state index >= 15 is 0 Å². The van der Waals surface area contributed by atoms with Crippen LogP contribution < -0.4 is 5.73 Å². The Labute approximate surface area is 81.8 Å². The minimum absolute atomic E-state index is 0.0667. The van der Waals surface area contributed by atoms with Gasteiger partial charge in [0.1, 0.15) is 0 Å². The minimum atomic E-state index is -0.253. The Balaban J connectivity index is 2.70. The van der Waals surface area contributed by atoms with Crippen LogP contribution >= 0.6 is 0 Å². The van der Waals surface area contributed by atoms with Gasteiger partial charge in [0, 0.05) is 13.6 Å². The molecule has 0 aliphatic heterocycles. The van der Waals surface area contributed by atoms with Crippen molar-refractivity contribution in [1.29, 1.82) is 0 Å². The first-order chi connectivity index (χ1) is 6.50. The maximum atomic E-state index is 11.6. The molecule has 0 aliphatic rings. The van der Waals surface area contributed by atoms with E-state index in [1.807, 2.05) is 6.92 Å². The van der Waals surface area contributed by atoms with Gasteiger partial charge in [-0.1, -0.05) is 12.2 Å². The highest BCUT2D eigenvalue weighted by molar-refractivity contribution is 5.90. The summed E-state index contributed by atoms with van der Waals surface area (Å²) in [6.07, 6.45) is 0. The number of H-pyrrole nitrogens is 1. The number of hydrogen-bond donors (Lipinski definition) is 2. The zero-order valence-electron chi connectivity index (χ0n) is 8.24. The van der Waals surface area contributed by atoms with Crippen molar-refractivity contribution in [2.24, 2.45) is 0 Å². The number of hydrogen-bond acceptors (Lipinski definition) is 4. The summed E-state index contributed by atoms with van der Waals surface area (Å²) in [4.78, 5) is 16.8. The van der Waals surface area contributed by atoms with Crippen LogP contribution in [0.2, 0.25) is 0 Å². The van der Waals surface area contributed by atoms with Crippen LogP contribution in [-0.4, -0.2) is 39.6 Å². The smallest absolute Gasteiger partial charge is 0.291 e. The Bertz CT molecular complexity index is 356. The Hall–Kier alpha value is -1.85. The molecule has 0 unspecified atom stereocenters. The Morgan fingerprint density at radius 2 is 2.36 bits per heavy atom. The van der Waals surface area contributed by atoms with E-state index in [0.29, 0.717) is 6.54 Å². The van der Waals surface area contributed by atoms with Crippen LogP contribution in [0, 0.1) is 0 Å². The third kappa shape index (κ3) is 2.32. The first kappa shape index (κ1) is 10.2. The SMILES string of the molecule is C=C(C)CN(C)C(=O)c1nc(N)n[nH]1. The lowest BCUT2D eigenvalue weighted by Gasteiger charge is -2.14. The molecule has 1 aromatic heterocycles. The molecule has 0 aromatic carbocycles. The summed E-state index contributed by atoms with van der Waals surface area (Å²) < 4.78 is 0. The molecule has 0 radical (unpaired) electrons. The average Bonchev–Trinajstić information content (AvgIpc) is 2.49. The lowest BCUT2D eigenvalue weighted by Crippen LogP contribution is -2.29. The second-order valence-corrected chi connectivity index (χ2v) is 3.16. The molecule has 0 atom stereocenters. The third-order valence-corrected chi connectivity index (χ3v) is 1.56. The first-order valence-corrected chi connectivity index (χ1v) is 4.08. The van der Waals surface area contributed by atoms with Crippen LogP contribution in [-0.2, 0) is 0 Å². The molecule has 0 bridgehead atoms. The quantitative estimate of drug-likeness (QED) is 0.666. The van der Waals surface area contributed by atoms with Gasteiger partial charge in [0.15, 0.2) is 0 Å². The zero-order valence-corrected chi connectivity index (χ0v) is 8.24. The zero-order chi connectivity index (χ0) is 10.7. The normalized spacial score (nSPS) is 9.86. The molecule has 3 N–H and O–H groups in total. The minimum Gasteiger partial charge on any atom is -0.366 e. The number of amides is 1. The maximum Gasteiger partial charge on any atom is 0.291 e. The number of nitrogen functional groups attached to an aromatic ring is 1. The Kier molecular flexibility index (Phi) is 2.85. The van der Waals surface area contributed by atoms with Crippen molar-refractivity contribution in [3.8, 4) is 0 Å². The Morgan fingerprint density at radius 1 is 1.71 bits per heavy atom. The second kappa shape index (κ2) is 3.91. The predicted molar refractivity (Wildman–Crippen MR) is 52.6 cm³/mol. The van der Waals surface area contributed by atoms with Crippen LogP contribution in [0.5, 0.6) is 0 Å². The summed E-state index contributed by atoms with van der Waals surface area (Å²) in [5.41, 5.74) is 6.17. The molecule has 1 amide bonds. The van der Waals surface area contributed by atoms with Crippen molar-refractivity contribution in [3.05, 3.63) is 18.0 Å². The van der Waals surface area contributed by atoms with E-state index < -0.39 is 0 Å². The Morgan fingerprint density at radius 3 is 2.79 bits per heavy atom. The monoisotopic (exact) mass is 195 g/mol. The van der Waals surface area contributed by atoms with Gasteiger partial charge in [-0.15, -0.1) is 5.10 Å². The summed E-state index contributed by atoms with van der Waals surface area (Å²) in [5, 5.41) is 6.02. The van der Waals surface area contributed by atoms with Gasteiger partial charge in [0.05, 0.1) is 0 Å². The highest BCUT2D eigenvalue weighted by atomic mass is 16.2. The summed E-state index contributed by atoms with van der Waals surface area (Å²) in [7, 11) is 1.66. The van der Waals surface area contributed by atoms with E-state index in [1.165, 1.54) is 4.90 Å². The average molecular weight is 195 g/mol. The summed E-state index contributed by atoms with van der Waals surface area (Å²) in [6.45, 7) is 6.04. The van der Waals surface area contributed by atoms with Crippen molar-refractivity contribution in [2.45, 2.75) is 6.92 Å². The van der Waals surface area contributed by atoms with Crippen molar-refractivity contribution in [2.75, 3.05) is 19.3 Å². The molecule has 6 heteroatoms. The fraction of sp³-hybridized carbons (Fsp3) is 0.375. The number of anilines is 1. The molecule has 0 fully saturated rings. The van der Waals surface area contributed by atoms with E-state index in [9.17, 15) is 4.79 Å². The molecule has 6 nitrogen and oxygen atoms in total. The van der Waals surface area contributed by atoms with Gasteiger partial charge in [-0.3, -0.25) is 9.89 Å². The van der Waals surface area contributed by atoms with Gasteiger partial charge < -0.3 is 10.6 Å². The molecule has 0 aliphatic carbocycles. The summed E-state index contributed by atoms with van der Waals surface area (Å²) in [6, 6.07) is 0. The number of likely N-dealkylation sites (N-methyl/N-ethyl adjacent to an activating group) is 1. The maximum absolute atomic E-state index is 11.6. The van der Waals surface area contributed by atoms with Crippen molar-refractivity contribution in [3.63, 3.8) is 0 Å². The van der Waals surface area contributed by atoms with Gasteiger partial charge in [-0.05, 0) is 6.92 Å². The second-order valence-electron chi connectivity index (χ2n) is 3.16. The number of aromatic amines is 1. The van der Waals surface area contributed by atoms with Gasteiger partial charge in [0.2, 0.25) is 11.8 Å². The van der Waals surface area contributed by atoms with E-state index in [-0.39, 0.29) is 17.7 Å². The van der Waals surface area contributed by atoms with Gasteiger partial charge >= 0.3 is 0 Å². The van der Waals surface area contributed by atoms with Crippen molar-refractivity contribution in [1.82, 2.24) is 20.1 Å². The standard InChI is InChI=1S/C8H13N5O/c1-5(2)4-13(3)7(14)6-10-8(9)12-11-6/h1,4H2,2-3H3,(H3,9,10,11,12). The van der Waals surface area contributed by atoms with Crippen LogP contribution in [0.15, 0.2) is 12.2 Å². The molecule has 1 heterocycles. The predicted octanol–water partition coefficient (Wildman–Crippen LogP) is 0.0350. The molecular weight excluding hydrogens is 182 g/mol. The molecule has 1 rings (SSSR count). The van der Waals surface area contributed by atoms with Crippen molar-refractivity contribution >= 4 is 11.9 Å². The summed E-state index contributed by atoms with van der Waals surface area (Å²) in [5.74, 6) is -0.0412. The van der Waals surface area contributed by atoms with Crippen LogP contribution in [0.25, 0.3) is 0 Å². The number of carbonyl (C=O) groups is 1. The van der Waals surface area contributed by atoms with Crippen LogP contribution in [0.4, 0.5) is 5.95 Å². The summed E-state index contributed by atoms with van der Waals surface area (Å²) >= 11 is 0. The highest BCUT2D eigenvalue weighted by Crippen LogP contribution is 2.00. The third-order valence-electron chi connectivity index (χ3n) is 1.56. The molecule has 0 spiro atoms. The van der Waals surface area contributed by atoms with E-state index in [4.69, 9.17) is 5.73 Å². The van der Waals surface area contributed by atoms with Gasteiger partial charge in [-0.2, -0.15) is 4.98 Å². The molecular formula is C8H13N5O. The number of rotatable bonds is 3. The lowest BCUT2D eigenvalue weighted by atomic mass is 10.3. The number of nitrogens with zero attached hydrogens (tertiary/aromatic N) is 3. The fourth-order valence-corrected chi connectivity index (χ4v) is 1.03. The number of carbonyl (C=O) groups excluding carboxylic acids is 1. The van der Waals surface area contributed by atoms with Crippen LogP contribution in [0.3, 0.4) is 0 Å². The first-order valence-electron chi connectivity index (χ1n) is 4.08. The molecule has 76 valence electrons. The van der Waals surface area contributed by atoms with E-state index in [2.05, 4.69) is 21.8 Å². The lowest BCUT2D eigenvalue weighted by molar-refractivity contribution is 0.0795. The van der Waals surface area contributed by atoms with Gasteiger partial charge in [-0.25, -0.2) is 0 Å². The number of nitrogens with two attached hydrogens (primary N) is 1. The molecule has 14 heavy (non-hydrogen) atoms. The van der Waals surface area contributed by atoms with E-state index in [1.54, 1.807) is 7.05 Å². The number of nitrogens with one attached hydrogen (secondary N) is 1. The number of aromatic nitrogens is 3. The molecule has 0 saturated heterocycles.